The zero-order chi connectivity index (χ0) is 15.9. The fraction of sp³-hybridized carbons (Fsp3) is 0.133. The van der Waals surface area contributed by atoms with E-state index < -0.39 is 11.0 Å². The summed E-state index contributed by atoms with van der Waals surface area (Å²) in [5.41, 5.74) is 1.36. The van der Waals surface area contributed by atoms with Gasteiger partial charge in [-0.1, -0.05) is 36.4 Å². The fourth-order valence-electron chi connectivity index (χ4n) is 1.76. The van der Waals surface area contributed by atoms with Gasteiger partial charge in [0.15, 0.2) is 0 Å². The molecule has 114 valence electrons. The Bertz CT molecular complexity index is 664. The van der Waals surface area contributed by atoms with E-state index in [2.05, 4.69) is 0 Å². The maximum Gasteiger partial charge on any atom is 0.424 e. The van der Waals surface area contributed by atoms with Gasteiger partial charge in [0.25, 0.3) is 5.69 Å². The Labute approximate surface area is 132 Å². The van der Waals surface area contributed by atoms with Gasteiger partial charge in [0.1, 0.15) is 0 Å². The van der Waals surface area contributed by atoms with E-state index in [1.165, 1.54) is 41.6 Å². The summed E-state index contributed by atoms with van der Waals surface area (Å²) in [5, 5.41) is 10.9. The Kier molecular flexibility index (Phi) is 5.37. The number of nitrogens with zero attached hydrogens (tertiary/aromatic N) is 2. The minimum Gasteiger partial charge on any atom is -0.452 e. The van der Waals surface area contributed by atoms with E-state index in [0.29, 0.717) is 11.4 Å². The van der Waals surface area contributed by atoms with Crippen molar-refractivity contribution in [3.05, 3.63) is 70.3 Å². The molecule has 0 aliphatic rings. The molecule has 1 amide bonds. The Hall–Kier alpha value is -2.54. The molecule has 6 nitrogen and oxygen atoms in total. The largest absolute Gasteiger partial charge is 0.452 e. The van der Waals surface area contributed by atoms with E-state index in [0.717, 1.165) is 5.56 Å². The van der Waals surface area contributed by atoms with Crippen LogP contribution in [0.15, 0.2) is 54.6 Å². The van der Waals surface area contributed by atoms with Crippen LogP contribution in [0.5, 0.6) is 0 Å². The third-order valence-electron chi connectivity index (χ3n) is 2.82. The van der Waals surface area contributed by atoms with Crippen LogP contribution in [0, 0.1) is 10.1 Å². The summed E-state index contributed by atoms with van der Waals surface area (Å²) in [5.74, 6) is 0.540. The van der Waals surface area contributed by atoms with Crippen LogP contribution in [0.4, 0.5) is 16.2 Å². The highest BCUT2D eigenvalue weighted by atomic mass is 32.2. The number of amides is 1. The molecule has 0 unspecified atom stereocenters. The summed E-state index contributed by atoms with van der Waals surface area (Å²) in [4.78, 5) is 22.3. The molecule has 0 saturated carbocycles. The van der Waals surface area contributed by atoms with Gasteiger partial charge in [0.05, 0.1) is 17.7 Å². The molecule has 0 aliphatic carbocycles. The number of hydrogen-bond donors (Lipinski definition) is 0. The summed E-state index contributed by atoms with van der Waals surface area (Å²) in [6.07, 6.45) is -0.582. The molecule has 0 atom stereocenters. The highest BCUT2D eigenvalue weighted by molar-refractivity contribution is 8.00. The number of anilines is 1. The second-order valence-corrected chi connectivity index (χ2v) is 5.21. The van der Waals surface area contributed by atoms with Crippen molar-refractivity contribution in [2.24, 2.45) is 0 Å². The van der Waals surface area contributed by atoms with Gasteiger partial charge in [-0.2, -0.15) is 0 Å². The lowest BCUT2D eigenvalue weighted by molar-refractivity contribution is -0.384. The highest BCUT2D eigenvalue weighted by Gasteiger charge is 2.19. The van der Waals surface area contributed by atoms with Gasteiger partial charge in [0.2, 0.25) is 0 Å². The monoisotopic (exact) mass is 318 g/mol. The Morgan fingerprint density at radius 2 is 1.95 bits per heavy atom. The maximum atomic E-state index is 11.9. The van der Waals surface area contributed by atoms with E-state index in [-0.39, 0.29) is 5.69 Å². The summed E-state index contributed by atoms with van der Waals surface area (Å²) < 4.78 is 6.06. The standard InChI is InChI=1S/C15H14N2O4S/c1-21-15(18)16(22-11-12-6-3-2-4-7-12)13-8-5-9-14(10-13)17(19)20/h2-10H,11H2,1H3. The third kappa shape index (κ3) is 3.98. The van der Waals surface area contributed by atoms with Gasteiger partial charge < -0.3 is 4.74 Å². The second kappa shape index (κ2) is 7.46. The molecular weight excluding hydrogens is 304 g/mol. The third-order valence-corrected chi connectivity index (χ3v) is 3.90. The predicted octanol–water partition coefficient (Wildman–Crippen LogP) is 4.02. The van der Waals surface area contributed by atoms with Crippen molar-refractivity contribution in [3.63, 3.8) is 0 Å². The molecule has 0 aliphatic heterocycles. The lowest BCUT2D eigenvalue weighted by atomic mass is 10.2. The highest BCUT2D eigenvalue weighted by Crippen LogP contribution is 2.29. The van der Waals surface area contributed by atoms with Gasteiger partial charge in [-0.25, -0.2) is 9.10 Å². The molecule has 0 saturated heterocycles. The van der Waals surface area contributed by atoms with E-state index in [1.807, 2.05) is 30.3 Å². The lowest BCUT2D eigenvalue weighted by Crippen LogP contribution is -2.23. The molecule has 2 rings (SSSR count). The molecule has 0 spiro atoms. The van der Waals surface area contributed by atoms with Crippen LogP contribution in [0.3, 0.4) is 0 Å². The first-order valence-electron chi connectivity index (χ1n) is 6.41. The molecule has 0 N–H and O–H groups in total. The molecule has 22 heavy (non-hydrogen) atoms. The average Bonchev–Trinajstić information content (AvgIpc) is 2.56. The Morgan fingerprint density at radius 3 is 2.59 bits per heavy atom. The SMILES string of the molecule is COC(=O)N(SCc1ccccc1)c1cccc([N+](=O)[O-])c1. The molecule has 0 fully saturated rings. The minimum absolute atomic E-state index is 0.0771. The topological polar surface area (TPSA) is 72.7 Å². The van der Waals surface area contributed by atoms with Crippen molar-refractivity contribution in [1.82, 2.24) is 0 Å². The van der Waals surface area contributed by atoms with E-state index in [4.69, 9.17) is 4.74 Å². The van der Waals surface area contributed by atoms with Crippen molar-refractivity contribution in [3.8, 4) is 0 Å². The van der Waals surface area contributed by atoms with Crippen LogP contribution in [0.2, 0.25) is 0 Å². The first-order valence-corrected chi connectivity index (χ1v) is 7.35. The molecule has 0 bridgehead atoms. The summed E-state index contributed by atoms with van der Waals surface area (Å²) in [7, 11) is 1.27. The first kappa shape index (κ1) is 15.8. The van der Waals surface area contributed by atoms with Crippen LogP contribution in [0.1, 0.15) is 5.56 Å². The number of nitro groups is 1. The van der Waals surface area contributed by atoms with Gasteiger partial charge in [0, 0.05) is 17.9 Å². The molecule has 0 radical (unpaired) electrons. The molecule has 7 heteroatoms. The smallest absolute Gasteiger partial charge is 0.424 e. The zero-order valence-corrected chi connectivity index (χ0v) is 12.7. The molecule has 2 aromatic rings. The molecular formula is C15H14N2O4S. The summed E-state index contributed by atoms with van der Waals surface area (Å²) >= 11 is 1.22. The quantitative estimate of drug-likeness (QED) is 0.473. The van der Waals surface area contributed by atoms with Gasteiger partial charge in [-0.3, -0.25) is 10.1 Å². The van der Waals surface area contributed by atoms with Crippen LogP contribution < -0.4 is 4.31 Å². The summed E-state index contributed by atoms with van der Waals surface area (Å²) in [6, 6.07) is 15.5. The maximum absolute atomic E-state index is 11.9. The van der Waals surface area contributed by atoms with E-state index in [9.17, 15) is 14.9 Å². The van der Waals surface area contributed by atoms with Crippen LogP contribution in [-0.2, 0) is 10.5 Å². The first-order chi connectivity index (χ1) is 10.6. The van der Waals surface area contributed by atoms with Crippen LogP contribution in [0.25, 0.3) is 0 Å². The average molecular weight is 318 g/mol. The number of ether oxygens (including phenoxy) is 1. The zero-order valence-electron chi connectivity index (χ0n) is 11.8. The van der Waals surface area contributed by atoms with Gasteiger partial charge in [-0.15, -0.1) is 0 Å². The predicted molar refractivity (Wildman–Crippen MR) is 85.7 cm³/mol. The summed E-state index contributed by atoms with van der Waals surface area (Å²) in [6.45, 7) is 0. The van der Waals surface area contributed by atoms with Crippen molar-refractivity contribution in [2.45, 2.75) is 5.75 Å². The number of methoxy groups -OCH3 is 1. The van der Waals surface area contributed by atoms with Crippen LogP contribution >= 0.6 is 11.9 Å². The Balaban J connectivity index is 2.21. The molecule has 0 heterocycles. The minimum atomic E-state index is -0.582. The number of benzene rings is 2. The number of hydrogen-bond acceptors (Lipinski definition) is 5. The number of carbonyl (C=O) groups excluding carboxylic acids is 1. The van der Waals surface area contributed by atoms with Gasteiger partial charge >= 0.3 is 6.09 Å². The fourth-order valence-corrected chi connectivity index (χ4v) is 2.67. The molecule has 0 aromatic heterocycles. The normalized spacial score (nSPS) is 10.0. The molecule has 2 aromatic carbocycles. The van der Waals surface area contributed by atoms with E-state index in [1.54, 1.807) is 6.07 Å². The lowest BCUT2D eigenvalue weighted by Gasteiger charge is -2.19. The number of nitro benzene ring substituents is 1. The van der Waals surface area contributed by atoms with E-state index >= 15 is 0 Å². The number of carbonyl (C=O) groups is 1. The van der Waals surface area contributed by atoms with Crippen molar-refractivity contribution in [2.75, 3.05) is 11.4 Å². The van der Waals surface area contributed by atoms with Gasteiger partial charge in [-0.05, 0) is 23.6 Å². The number of non-ortho nitro benzene ring substituents is 1. The van der Waals surface area contributed by atoms with Crippen LogP contribution in [-0.4, -0.2) is 18.1 Å². The second-order valence-electron chi connectivity index (χ2n) is 4.30. The number of rotatable bonds is 5. The van der Waals surface area contributed by atoms with Crippen molar-refractivity contribution >= 4 is 29.4 Å². The van der Waals surface area contributed by atoms with Crippen molar-refractivity contribution in [1.29, 1.82) is 0 Å². The Morgan fingerprint density at radius 1 is 1.23 bits per heavy atom. The van der Waals surface area contributed by atoms with Crippen molar-refractivity contribution < 1.29 is 14.5 Å².